The molecule has 0 heterocycles. The van der Waals surface area contributed by atoms with Gasteiger partial charge in [0.1, 0.15) is 17.2 Å². The van der Waals surface area contributed by atoms with Crippen molar-refractivity contribution in [1.82, 2.24) is 5.32 Å². The highest BCUT2D eigenvalue weighted by molar-refractivity contribution is 5.81. The van der Waals surface area contributed by atoms with Gasteiger partial charge in [-0.3, -0.25) is 4.79 Å². The van der Waals surface area contributed by atoms with E-state index in [1.807, 2.05) is 50.2 Å². The first kappa shape index (κ1) is 20.6. The Hall–Kier alpha value is -2.69. The number of nitrogens with one attached hydrogen (secondary N) is 1. The van der Waals surface area contributed by atoms with Crippen LogP contribution in [0.3, 0.4) is 0 Å². The average molecular weight is 371 g/mol. The molecule has 0 aromatic heterocycles. The molecule has 0 aliphatic heterocycles. The molecular formula is C22H29NO4. The van der Waals surface area contributed by atoms with Crippen LogP contribution in [0, 0.1) is 0 Å². The van der Waals surface area contributed by atoms with Gasteiger partial charge in [-0.05, 0) is 49.9 Å². The van der Waals surface area contributed by atoms with Gasteiger partial charge in [-0.15, -0.1) is 0 Å². The molecule has 1 N–H and O–H groups in total. The Morgan fingerprint density at radius 2 is 1.85 bits per heavy atom. The molecule has 0 radical (unpaired) electrons. The van der Waals surface area contributed by atoms with Crippen LogP contribution in [0.2, 0.25) is 0 Å². The quantitative estimate of drug-likeness (QED) is 0.607. The lowest BCUT2D eigenvalue weighted by molar-refractivity contribution is -0.128. The van der Waals surface area contributed by atoms with Crippen molar-refractivity contribution in [2.24, 2.45) is 0 Å². The maximum Gasteiger partial charge on any atom is 0.261 e. The van der Waals surface area contributed by atoms with Crippen molar-refractivity contribution < 1.29 is 19.0 Å². The third kappa shape index (κ3) is 6.51. The van der Waals surface area contributed by atoms with Gasteiger partial charge < -0.3 is 19.5 Å². The van der Waals surface area contributed by atoms with Gasteiger partial charge >= 0.3 is 0 Å². The van der Waals surface area contributed by atoms with Gasteiger partial charge in [-0.25, -0.2) is 0 Å². The van der Waals surface area contributed by atoms with E-state index in [0.29, 0.717) is 31.1 Å². The van der Waals surface area contributed by atoms with E-state index in [9.17, 15) is 4.79 Å². The van der Waals surface area contributed by atoms with Gasteiger partial charge in [-0.2, -0.15) is 0 Å². The Labute approximate surface area is 161 Å². The van der Waals surface area contributed by atoms with E-state index in [-0.39, 0.29) is 5.91 Å². The number of aryl methyl sites for hydroxylation is 1. The zero-order valence-corrected chi connectivity index (χ0v) is 16.4. The maximum absolute atomic E-state index is 12.4. The number of carbonyl (C=O) groups is 1. The van der Waals surface area contributed by atoms with Crippen molar-refractivity contribution in [3.63, 3.8) is 0 Å². The van der Waals surface area contributed by atoms with Crippen molar-refractivity contribution in [1.29, 1.82) is 0 Å². The highest BCUT2D eigenvalue weighted by atomic mass is 16.5. The summed E-state index contributed by atoms with van der Waals surface area (Å²) in [4.78, 5) is 12.4. The topological polar surface area (TPSA) is 56.8 Å². The molecule has 0 fully saturated rings. The average Bonchev–Trinajstić information content (AvgIpc) is 2.70. The van der Waals surface area contributed by atoms with Crippen LogP contribution in [-0.2, 0) is 11.2 Å². The van der Waals surface area contributed by atoms with Crippen LogP contribution in [0.25, 0.3) is 0 Å². The molecule has 0 aliphatic rings. The van der Waals surface area contributed by atoms with Crippen LogP contribution >= 0.6 is 0 Å². The summed E-state index contributed by atoms with van der Waals surface area (Å²) < 4.78 is 16.6. The molecule has 2 rings (SSSR count). The van der Waals surface area contributed by atoms with Crippen LogP contribution in [0.5, 0.6) is 17.2 Å². The van der Waals surface area contributed by atoms with E-state index in [1.165, 1.54) is 0 Å². The van der Waals surface area contributed by atoms with E-state index in [2.05, 4.69) is 11.4 Å². The molecule has 27 heavy (non-hydrogen) atoms. The minimum absolute atomic E-state index is 0.0987. The van der Waals surface area contributed by atoms with Gasteiger partial charge in [0, 0.05) is 12.6 Å². The minimum atomic E-state index is -0.521. The van der Waals surface area contributed by atoms with Crippen LogP contribution < -0.4 is 19.5 Å². The zero-order chi connectivity index (χ0) is 19.5. The lowest BCUT2D eigenvalue weighted by Crippen LogP contribution is -2.38. The summed E-state index contributed by atoms with van der Waals surface area (Å²) in [5.74, 6) is 2.15. The van der Waals surface area contributed by atoms with Gasteiger partial charge in [0.15, 0.2) is 6.10 Å². The van der Waals surface area contributed by atoms with E-state index in [1.54, 1.807) is 13.2 Å². The fraction of sp³-hybridized carbons (Fsp3) is 0.409. The first-order chi connectivity index (χ1) is 13.2. The minimum Gasteiger partial charge on any atom is -0.497 e. The van der Waals surface area contributed by atoms with Crippen LogP contribution in [0.15, 0.2) is 48.5 Å². The monoisotopic (exact) mass is 371 g/mol. The molecule has 0 spiro atoms. The van der Waals surface area contributed by atoms with Gasteiger partial charge in [0.05, 0.1) is 13.7 Å². The molecule has 5 heteroatoms. The largest absolute Gasteiger partial charge is 0.497 e. The smallest absolute Gasteiger partial charge is 0.261 e. The summed E-state index contributed by atoms with van der Waals surface area (Å²) in [7, 11) is 1.60. The second kappa shape index (κ2) is 11.1. The zero-order valence-electron chi connectivity index (χ0n) is 16.4. The standard InChI is InChI=1S/C22H29NO4/c1-4-20(27-19-13-8-12-18(16-19)25-3)22(24)23-15-9-11-17-10-6-7-14-21(17)26-5-2/h6-8,10,12-14,16,20H,4-5,9,11,15H2,1-3H3,(H,23,24)/t20-/m1/s1. The van der Waals surface area contributed by atoms with Crippen molar-refractivity contribution in [3.05, 3.63) is 54.1 Å². The lowest BCUT2D eigenvalue weighted by atomic mass is 10.1. The molecular weight excluding hydrogens is 342 g/mol. The number of hydrogen-bond acceptors (Lipinski definition) is 4. The third-order valence-corrected chi connectivity index (χ3v) is 4.18. The molecule has 1 amide bonds. The first-order valence-corrected chi connectivity index (χ1v) is 9.47. The number of hydrogen-bond donors (Lipinski definition) is 1. The van der Waals surface area contributed by atoms with E-state index < -0.39 is 6.10 Å². The summed E-state index contributed by atoms with van der Waals surface area (Å²) >= 11 is 0. The summed E-state index contributed by atoms with van der Waals surface area (Å²) in [5.41, 5.74) is 1.16. The first-order valence-electron chi connectivity index (χ1n) is 9.47. The lowest BCUT2D eigenvalue weighted by Gasteiger charge is -2.18. The highest BCUT2D eigenvalue weighted by Crippen LogP contribution is 2.21. The van der Waals surface area contributed by atoms with Crippen molar-refractivity contribution in [3.8, 4) is 17.2 Å². The number of methoxy groups -OCH3 is 1. The van der Waals surface area contributed by atoms with E-state index >= 15 is 0 Å². The normalized spacial score (nSPS) is 11.5. The molecule has 146 valence electrons. The van der Waals surface area contributed by atoms with E-state index in [0.717, 1.165) is 24.2 Å². The van der Waals surface area contributed by atoms with Crippen molar-refractivity contribution >= 4 is 5.91 Å². The van der Waals surface area contributed by atoms with Crippen LogP contribution in [-0.4, -0.2) is 32.3 Å². The number of para-hydroxylation sites is 1. The Bertz CT molecular complexity index is 717. The molecule has 1 atom stereocenters. The Morgan fingerprint density at radius 1 is 1.07 bits per heavy atom. The molecule has 2 aromatic rings. The summed E-state index contributed by atoms with van der Waals surface area (Å²) in [5, 5.41) is 2.97. The molecule has 0 bridgehead atoms. The number of amides is 1. The third-order valence-electron chi connectivity index (χ3n) is 4.18. The molecule has 0 saturated carbocycles. The Kier molecular flexibility index (Phi) is 8.49. The van der Waals surface area contributed by atoms with Crippen LogP contribution in [0.4, 0.5) is 0 Å². The fourth-order valence-corrected chi connectivity index (χ4v) is 2.77. The van der Waals surface area contributed by atoms with E-state index in [4.69, 9.17) is 14.2 Å². The number of benzene rings is 2. The van der Waals surface area contributed by atoms with Gasteiger partial charge in [0.2, 0.25) is 0 Å². The molecule has 0 unspecified atom stereocenters. The highest BCUT2D eigenvalue weighted by Gasteiger charge is 2.18. The molecule has 0 saturated heterocycles. The van der Waals surface area contributed by atoms with Crippen LogP contribution in [0.1, 0.15) is 32.3 Å². The van der Waals surface area contributed by atoms with Gasteiger partial charge in [0.25, 0.3) is 5.91 Å². The number of ether oxygens (including phenoxy) is 3. The SMILES string of the molecule is CCOc1ccccc1CCCNC(=O)[C@@H](CC)Oc1cccc(OC)c1. The summed E-state index contributed by atoms with van der Waals surface area (Å²) in [6.07, 6.45) is 1.76. The summed E-state index contributed by atoms with van der Waals surface area (Å²) in [6, 6.07) is 15.3. The van der Waals surface area contributed by atoms with Crippen molar-refractivity contribution in [2.75, 3.05) is 20.3 Å². The Balaban J connectivity index is 1.81. The Morgan fingerprint density at radius 3 is 2.59 bits per heavy atom. The summed E-state index contributed by atoms with van der Waals surface area (Å²) in [6.45, 7) is 5.15. The predicted molar refractivity (Wildman–Crippen MR) is 107 cm³/mol. The second-order valence-corrected chi connectivity index (χ2v) is 6.13. The number of rotatable bonds is 11. The van der Waals surface area contributed by atoms with Gasteiger partial charge in [-0.1, -0.05) is 31.2 Å². The fourth-order valence-electron chi connectivity index (χ4n) is 2.77. The predicted octanol–water partition coefficient (Wildman–Crippen LogP) is 4.00. The molecule has 5 nitrogen and oxygen atoms in total. The number of carbonyl (C=O) groups excluding carboxylic acids is 1. The molecule has 2 aromatic carbocycles. The van der Waals surface area contributed by atoms with Crippen molar-refractivity contribution in [2.45, 2.75) is 39.2 Å². The maximum atomic E-state index is 12.4. The molecule has 0 aliphatic carbocycles. The second-order valence-electron chi connectivity index (χ2n) is 6.13.